The maximum absolute atomic E-state index is 8.60. The monoisotopic (exact) mass is 240 g/mol. The fourth-order valence-electron chi connectivity index (χ4n) is 1.89. The van der Waals surface area contributed by atoms with Crippen LogP contribution >= 0.6 is 0 Å². The predicted octanol–water partition coefficient (Wildman–Crippen LogP) is 3.57. The molecule has 18 heavy (non-hydrogen) atoms. The van der Waals surface area contributed by atoms with E-state index in [4.69, 9.17) is 9.68 Å². The van der Waals surface area contributed by atoms with Crippen LogP contribution in [0.25, 0.3) is 0 Å². The lowest BCUT2D eigenvalue weighted by atomic mass is 10.1. The van der Waals surface area contributed by atoms with Gasteiger partial charge in [-0.1, -0.05) is 12.1 Å². The molecule has 0 aliphatic rings. The van der Waals surface area contributed by atoms with Gasteiger partial charge in [0.2, 0.25) is 0 Å². The van der Waals surface area contributed by atoms with Crippen LogP contribution in [0.5, 0.6) is 0 Å². The molecule has 0 atom stereocenters. The van der Waals surface area contributed by atoms with Crippen LogP contribution in [0.2, 0.25) is 0 Å². The van der Waals surface area contributed by atoms with Gasteiger partial charge in [-0.15, -0.1) is 0 Å². The number of rotatable bonds is 4. The third-order valence-corrected chi connectivity index (χ3v) is 2.86. The minimum atomic E-state index is 0.459. The molecule has 2 rings (SSSR count). The van der Waals surface area contributed by atoms with Gasteiger partial charge in [0, 0.05) is 17.8 Å². The molecule has 0 aliphatic carbocycles. The Bertz CT molecular complexity index is 561. The molecular weight excluding hydrogens is 224 g/mol. The molecule has 2 aromatic rings. The van der Waals surface area contributed by atoms with Crippen molar-refractivity contribution in [2.45, 2.75) is 26.8 Å². The molecule has 1 heterocycles. The Hall–Kier alpha value is -2.21. The first kappa shape index (κ1) is 12.3. The maximum atomic E-state index is 8.60. The summed E-state index contributed by atoms with van der Waals surface area (Å²) in [7, 11) is 0. The summed E-state index contributed by atoms with van der Waals surface area (Å²) in [6.45, 7) is 4.67. The first-order chi connectivity index (χ1) is 8.69. The van der Waals surface area contributed by atoms with Crippen molar-refractivity contribution in [1.29, 1.82) is 5.26 Å². The minimum absolute atomic E-state index is 0.459. The Kier molecular flexibility index (Phi) is 3.69. The molecule has 0 unspecified atom stereocenters. The summed E-state index contributed by atoms with van der Waals surface area (Å²) in [5, 5.41) is 11.9. The summed E-state index contributed by atoms with van der Waals surface area (Å²) in [6.07, 6.45) is 0.459. The van der Waals surface area contributed by atoms with Gasteiger partial charge in [-0.3, -0.25) is 0 Å². The quantitative estimate of drug-likeness (QED) is 0.888. The zero-order valence-electron chi connectivity index (χ0n) is 10.7. The average molecular weight is 240 g/mol. The lowest BCUT2D eigenvalue weighted by Crippen LogP contribution is -1.99. The molecule has 0 amide bonds. The topological polar surface area (TPSA) is 49.0 Å². The van der Waals surface area contributed by atoms with E-state index in [0.717, 1.165) is 29.3 Å². The number of nitriles is 1. The van der Waals surface area contributed by atoms with Crippen LogP contribution in [0.3, 0.4) is 0 Å². The van der Waals surface area contributed by atoms with Crippen LogP contribution in [-0.2, 0) is 13.0 Å². The second-order valence-corrected chi connectivity index (χ2v) is 4.32. The molecule has 0 saturated carbocycles. The van der Waals surface area contributed by atoms with Gasteiger partial charge in [0.25, 0.3) is 0 Å². The van der Waals surface area contributed by atoms with Crippen molar-refractivity contribution in [3.63, 3.8) is 0 Å². The molecular formula is C15H16N2O. The van der Waals surface area contributed by atoms with Crippen LogP contribution in [-0.4, -0.2) is 0 Å². The number of anilines is 1. The van der Waals surface area contributed by atoms with E-state index < -0.39 is 0 Å². The highest BCUT2D eigenvalue weighted by Crippen LogP contribution is 2.16. The second-order valence-electron chi connectivity index (χ2n) is 4.32. The number of hydrogen-bond donors (Lipinski definition) is 1. The van der Waals surface area contributed by atoms with Crippen molar-refractivity contribution in [3.05, 3.63) is 53.0 Å². The summed E-state index contributed by atoms with van der Waals surface area (Å²) in [4.78, 5) is 0. The van der Waals surface area contributed by atoms with E-state index in [1.54, 1.807) is 0 Å². The average Bonchev–Trinajstić information content (AvgIpc) is 2.67. The third-order valence-electron chi connectivity index (χ3n) is 2.86. The number of benzene rings is 1. The number of nitrogens with zero attached hydrogens (tertiary/aromatic N) is 1. The van der Waals surface area contributed by atoms with Crippen molar-refractivity contribution >= 4 is 5.69 Å². The minimum Gasteiger partial charge on any atom is -0.466 e. The summed E-state index contributed by atoms with van der Waals surface area (Å²) >= 11 is 0. The Morgan fingerprint density at radius 3 is 2.50 bits per heavy atom. The summed E-state index contributed by atoms with van der Waals surface area (Å²) in [5.74, 6) is 1.90. The van der Waals surface area contributed by atoms with Crippen LogP contribution in [0.1, 0.15) is 22.6 Å². The fourth-order valence-corrected chi connectivity index (χ4v) is 1.89. The first-order valence-corrected chi connectivity index (χ1v) is 5.94. The molecule has 0 bridgehead atoms. The lowest BCUT2D eigenvalue weighted by Gasteiger charge is -2.06. The van der Waals surface area contributed by atoms with E-state index in [1.807, 2.05) is 44.2 Å². The van der Waals surface area contributed by atoms with Gasteiger partial charge in [-0.05, 0) is 37.6 Å². The molecule has 0 radical (unpaired) electrons. The Balaban J connectivity index is 1.98. The number of nitrogens with one attached hydrogen (secondary N) is 1. The van der Waals surface area contributed by atoms with Crippen LogP contribution in [0.15, 0.2) is 34.7 Å². The summed E-state index contributed by atoms with van der Waals surface area (Å²) in [6, 6.07) is 12.1. The smallest absolute Gasteiger partial charge is 0.106 e. The normalized spacial score (nSPS) is 10.1. The predicted molar refractivity (Wildman–Crippen MR) is 71.3 cm³/mol. The van der Waals surface area contributed by atoms with Gasteiger partial charge in [0.1, 0.15) is 11.5 Å². The van der Waals surface area contributed by atoms with Crippen LogP contribution in [0, 0.1) is 25.2 Å². The molecule has 0 saturated heterocycles. The van der Waals surface area contributed by atoms with E-state index in [0.29, 0.717) is 6.42 Å². The van der Waals surface area contributed by atoms with E-state index in [2.05, 4.69) is 11.4 Å². The van der Waals surface area contributed by atoms with Gasteiger partial charge < -0.3 is 9.73 Å². The highest BCUT2D eigenvalue weighted by molar-refractivity contribution is 5.45. The lowest BCUT2D eigenvalue weighted by molar-refractivity contribution is 0.501. The molecule has 3 heteroatoms. The molecule has 0 aliphatic heterocycles. The Morgan fingerprint density at radius 2 is 1.94 bits per heavy atom. The third kappa shape index (κ3) is 2.92. The van der Waals surface area contributed by atoms with Gasteiger partial charge in [0.05, 0.1) is 12.5 Å². The summed E-state index contributed by atoms with van der Waals surface area (Å²) < 4.78 is 5.48. The number of aryl methyl sites for hydroxylation is 2. The standard InChI is InChI=1S/C15H16N2O/c1-11-9-14(12(2)18-11)10-17-15-5-3-13(4-6-15)7-8-16/h3-6,9,17H,7,10H2,1-2H3. The molecule has 0 fully saturated rings. The van der Waals surface area contributed by atoms with Gasteiger partial charge >= 0.3 is 0 Å². The van der Waals surface area contributed by atoms with E-state index in [1.165, 1.54) is 5.56 Å². The zero-order valence-corrected chi connectivity index (χ0v) is 10.7. The van der Waals surface area contributed by atoms with Crippen molar-refractivity contribution in [2.75, 3.05) is 5.32 Å². The maximum Gasteiger partial charge on any atom is 0.106 e. The largest absolute Gasteiger partial charge is 0.466 e. The highest BCUT2D eigenvalue weighted by Gasteiger charge is 2.03. The second kappa shape index (κ2) is 5.42. The zero-order chi connectivity index (χ0) is 13.0. The number of furan rings is 1. The van der Waals surface area contributed by atoms with E-state index in [9.17, 15) is 0 Å². The fraction of sp³-hybridized carbons (Fsp3) is 0.267. The molecule has 1 aromatic heterocycles. The molecule has 1 N–H and O–H groups in total. The highest BCUT2D eigenvalue weighted by atomic mass is 16.3. The SMILES string of the molecule is Cc1cc(CNc2ccc(CC#N)cc2)c(C)o1. The van der Waals surface area contributed by atoms with E-state index in [-0.39, 0.29) is 0 Å². The van der Waals surface area contributed by atoms with Gasteiger partial charge in [0.15, 0.2) is 0 Å². The van der Waals surface area contributed by atoms with Crippen molar-refractivity contribution in [1.82, 2.24) is 0 Å². The van der Waals surface area contributed by atoms with Gasteiger partial charge in [-0.25, -0.2) is 0 Å². The van der Waals surface area contributed by atoms with Crippen LogP contribution in [0.4, 0.5) is 5.69 Å². The van der Waals surface area contributed by atoms with Crippen molar-refractivity contribution in [3.8, 4) is 6.07 Å². The van der Waals surface area contributed by atoms with Crippen LogP contribution < -0.4 is 5.32 Å². The van der Waals surface area contributed by atoms with Crippen molar-refractivity contribution in [2.24, 2.45) is 0 Å². The Labute approximate surface area is 107 Å². The van der Waals surface area contributed by atoms with Gasteiger partial charge in [-0.2, -0.15) is 5.26 Å². The first-order valence-electron chi connectivity index (χ1n) is 5.94. The molecule has 1 aromatic carbocycles. The Morgan fingerprint density at radius 1 is 1.22 bits per heavy atom. The van der Waals surface area contributed by atoms with Crippen molar-refractivity contribution < 1.29 is 4.42 Å². The molecule has 0 spiro atoms. The van der Waals surface area contributed by atoms with E-state index >= 15 is 0 Å². The molecule has 92 valence electrons. The summed E-state index contributed by atoms with van der Waals surface area (Å²) in [5.41, 5.74) is 3.27. The molecule has 3 nitrogen and oxygen atoms in total. The number of hydrogen-bond acceptors (Lipinski definition) is 3.